The van der Waals surface area contributed by atoms with Gasteiger partial charge >= 0.3 is 0 Å². The highest BCUT2D eigenvalue weighted by molar-refractivity contribution is 7.89. The monoisotopic (exact) mass is 460 g/mol. The fraction of sp³-hybridized carbons (Fsp3) is 0.588. The largest absolute Gasteiger partial charge is 0.339 e. The Labute approximate surface area is 175 Å². The van der Waals surface area contributed by atoms with E-state index in [1.54, 1.807) is 0 Å². The Bertz CT molecular complexity index is 1020. The first-order valence-electron chi connectivity index (χ1n) is 9.52. The van der Waals surface area contributed by atoms with Gasteiger partial charge in [-0.1, -0.05) is 6.42 Å². The SMILES string of the molecule is CS(=O)(=O)N1CCCCC1C(=O)N1CCN(S(=O)(=O)c2ccc([N+](=O)[O-])cc2)CC1. The van der Waals surface area contributed by atoms with Gasteiger partial charge in [-0.25, -0.2) is 16.8 Å². The third-order valence-corrected chi connectivity index (χ3v) is 8.60. The van der Waals surface area contributed by atoms with Crippen LogP contribution in [-0.4, -0.2) is 86.2 Å². The number of amides is 1. The molecule has 2 aliphatic heterocycles. The second-order valence-corrected chi connectivity index (χ2v) is 11.2. The van der Waals surface area contributed by atoms with Gasteiger partial charge in [-0.3, -0.25) is 14.9 Å². The number of hydrogen-bond acceptors (Lipinski definition) is 7. The maximum atomic E-state index is 12.9. The zero-order valence-corrected chi connectivity index (χ0v) is 18.1. The van der Waals surface area contributed by atoms with Crippen LogP contribution in [0.4, 0.5) is 5.69 Å². The first-order valence-corrected chi connectivity index (χ1v) is 12.8. The van der Waals surface area contributed by atoms with E-state index >= 15 is 0 Å². The summed E-state index contributed by atoms with van der Waals surface area (Å²) >= 11 is 0. The van der Waals surface area contributed by atoms with E-state index < -0.39 is 31.0 Å². The highest BCUT2D eigenvalue weighted by atomic mass is 32.2. The summed E-state index contributed by atoms with van der Waals surface area (Å²) < 4.78 is 52.1. The van der Waals surface area contributed by atoms with Crippen LogP contribution in [0, 0.1) is 10.1 Å². The minimum absolute atomic E-state index is 0.0524. The third-order valence-electron chi connectivity index (χ3n) is 5.40. The fourth-order valence-corrected chi connectivity index (χ4v) is 6.34. The third kappa shape index (κ3) is 4.63. The molecule has 0 bridgehead atoms. The lowest BCUT2D eigenvalue weighted by molar-refractivity contribution is -0.384. The number of rotatable bonds is 5. The number of nitro benzene ring substituents is 1. The molecule has 0 N–H and O–H groups in total. The Morgan fingerprint density at radius 3 is 2.13 bits per heavy atom. The number of carbonyl (C=O) groups excluding carboxylic acids is 1. The van der Waals surface area contributed by atoms with Crippen LogP contribution < -0.4 is 0 Å². The number of benzene rings is 1. The molecule has 166 valence electrons. The van der Waals surface area contributed by atoms with Crippen LogP contribution in [-0.2, 0) is 24.8 Å². The molecule has 11 nitrogen and oxygen atoms in total. The summed E-state index contributed by atoms with van der Waals surface area (Å²) in [5.41, 5.74) is -0.202. The number of piperazine rings is 1. The molecule has 1 amide bonds. The summed E-state index contributed by atoms with van der Waals surface area (Å²) in [6, 6.07) is 3.91. The second-order valence-electron chi connectivity index (χ2n) is 7.37. The minimum Gasteiger partial charge on any atom is -0.339 e. The van der Waals surface area contributed by atoms with Gasteiger partial charge in [0.2, 0.25) is 26.0 Å². The number of nitrogens with zero attached hydrogens (tertiary/aromatic N) is 4. The van der Waals surface area contributed by atoms with Crippen LogP contribution in [0.1, 0.15) is 19.3 Å². The van der Waals surface area contributed by atoms with Crippen LogP contribution in [0.3, 0.4) is 0 Å². The molecule has 2 heterocycles. The molecule has 13 heteroatoms. The Morgan fingerprint density at radius 1 is 1.00 bits per heavy atom. The average Bonchev–Trinajstić information content (AvgIpc) is 2.72. The molecule has 0 aromatic heterocycles. The molecular formula is C17H24N4O7S2. The summed E-state index contributed by atoms with van der Waals surface area (Å²) in [5, 5.41) is 10.7. The van der Waals surface area contributed by atoms with Gasteiger partial charge in [0, 0.05) is 44.9 Å². The van der Waals surface area contributed by atoms with Crippen molar-refractivity contribution in [1.82, 2.24) is 13.5 Å². The van der Waals surface area contributed by atoms with Crippen molar-refractivity contribution in [3.8, 4) is 0 Å². The summed E-state index contributed by atoms with van der Waals surface area (Å²) in [5.74, 6) is -0.299. The molecule has 2 fully saturated rings. The fourth-order valence-electron chi connectivity index (χ4n) is 3.80. The lowest BCUT2D eigenvalue weighted by Crippen LogP contribution is -2.57. The number of hydrogen-bond donors (Lipinski definition) is 0. The normalized spacial score (nSPS) is 22.0. The average molecular weight is 461 g/mol. The lowest BCUT2D eigenvalue weighted by atomic mass is 10.0. The summed E-state index contributed by atoms with van der Waals surface area (Å²) in [6.45, 7) is 0.745. The molecule has 0 saturated carbocycles. The molecule has 0 aliphatic carbocycles. The maximum Gasteiger partial charge on any atom is 0.269 e. The summed E-state index contributed by atoms with van der Waals surface area (Å²) in [6.07, 6.45) is 3.01. The predicted octanol–water partition coefficient (Wildman–Crippen LogP) is 0.242. The van der Waals surface area contributed by atoms with Gasteiger partial charge < -0.3 is 4.90 Å². The van der Waals surface area contributed by atoms with Crippen LogP contribution in [0.5, 0.6) is 0 Å². The minimum atomic E-state index is -3.85. The lowest BCUT2D eigenvalue weighted by Gasteiger charge is -2.39. The number of piperidine rings is 1. The number of non-ortho nitro benzene ring substituents is 1. The Kier molecular flexibility index (Phi) is 6.45. The number of carbonyl (C=O) groups is 1. The van der Waals surface area contributed by atoms with Gasteiger partial charge in [0.1, 0.15) is 6.04 Å². The van der Waals surface area contributed by atoms with Crippen molar-refractivity contribution >= 4 is 31.6 Å². The van der Waals surface area contributed by atoms with Crippen molar-refractivity contribution in [2.45, 2.75) is 30.2 Å². The van der Waals surface area contributed by atoms with Gasteiger partial charge in [-0.15, -0.1) is 0 Å². The van der Waals surface area contributed by atoms with Crippen LogP contribution >= 0.6 is 0 Å². The molecule has 2 aliphatic rings. The highest BCUT2D eigenvalue weighted by Gasteiger charge is 2.38. The van der Waals surface area contributed by atoms with Crippen molar-refractivity contribution in [2.24, 2.45) is 0 Å². The van der Waals surface area contributed by atoms with E-state index in [1.807, 2.05) is 0 Å². The highest BCUT2D eigenvalue weighted by Crippen LogP contribution is 2.24. The zero-order chi connectivity index (χ0) is 22.1. The van der Waals surface area contributed by atoms with Crippen LogP contribution in [0.2, 0.25) is 0 Å². The first kappa shape index (κ1) is 22.6. The van der Waals surface area contributed by atoms with Crippen molar-refractivity contribution in [3.63, 3.8) is 0 Å². The molecule has 1 atom stereocenters. The van der Waals surface area contributed by atoms with Crippen molar-refractivity contribution in [3.05, 3.63) is 34.4 Å². The van der Waals surface area contributed by atoms with Gasteiger partial charge in [0.15, 0.2) is 0 Å². The van der Waals surface area contributed by atoms with E-state index in [1.165, 1.54) is 25.6 Å². The second kappa shape index (κ2) is 8.57. The van der Waals surface area contributed by atoms with E-state index in [2.05, 4.69) is 0 Å². The predicted molar refractivity (Wildman–Crippen MR) is 108 cm³/mol. The van der Waals surface area contributed by atoms with Crippen molar-refractivity contribution in [1.29, 1.82) is 0 Å². The van der Waals surface area contributed by atoms with Gasteiger partial charge in [-0.05, 0) is 25.0 Å². The van der Waals surface area contributed by atoms with Crippen molar-refractivity contribution in [2.75, 3.05) is 39.0 Å². The molecule has 1 unspecified atom stereocenters. The topological polar surface area (TPSA) is 138 Å². The molecule has 2 saturated heterocycles. The van der Waals surface area contributed by atoms with Crippen LogP contribution in [0.25, 0.3) is 0 Å². The maximum absolute atomic E-state index is 12.9. The molecule has 3 rings (SSSR count). The summed E-state index contributed by atoms with van der Waals surface area (Å²) in [4.78, 5) is 24.5. The van der Waals surface area contributed by atoms with E-state index in [9.17, 15) is 31.7 Å². The standard InChI is InChI=1S/C17H24N4O7S2/c1-29(25,26)20-9-3-2-4-16(20)17(22)18-10-12-19(13-11-18)30(27,28)15-7-5-14(6-8-15)21(23)24/h5-8,16H,2-4,9-13H2,1H3. The molecule has 30 heavy (non-hydrogen) atoms. The molecule has 0 spiro atoms. The quantitative estimate of drug-likeness (QED) is 0.453. The van der Waals surface area contributed by atoms with E-state index in [0.29, 0.717) is 19.4 Å². The zero-order valence-electron chi connectivity index (χ0n) is 16.5. The van der Waals surface area contributed by atoms with Gasteiger partial charge in [0.25, 0.3) is 5.69 Å². The van der Waals surface area contributed by atoms with Gasteiger partial charge in [0.05, 0.1) is 16.1 Å². The Hall–Kier alpha value is -2.09. The van der Waals surface area contributed by atoms with Gasteiger partial charge in [-0.2, -0.15) is 8.61 Å². The van der Waals surface area contributed by atoms with E-state index in [0.717, 1.165) is 24.8 Å². The van der Waals surface area contributed by atoms with E-state index in [-0.39, 0.29) is 42.7 Å². The number of nitro groups is 1. The van der Waals surface area contributed by atoms with Crippen LogP contribution in [0.15, 0.2) is 29.2 Å². The smallest absolute Gasteiger partial charge is 0.269 e. The number of sulfonamides is 2. The van der Waals surface area contributed by atoms with E-state index in [4.69, 9.17) is 0 Å². The Morgan fingerprint density at radius 2 is 1.60 bits per heavy atom. The summed E-state index contributed by atoms with van der Waals surface area (Å²) in [7, 11) is -7.35. The molecular weight excluding hydrogens is 436 g/mol. The first-order chi connectivity index (χ1) is 14.0. The van der Waals surface area contributed by atoms with Crippen molar-refractivity contribution < 1.29 is 26.6 Å². The molecule has 0 radical (unpaired) electrons. The molecule has 1 aromatic carbocycles. The Balaban J connectivity index is 1.67. The molecule has 1 aromatic rings.